The van der Waals surface area contributed by atoms with E-state index < -0.39 is 12.0 Å². The minimum Gasteiger partial charge on any atom is -0.463 e. The molecule has 1 aromatic rings. The standard InChI is InChI=1S/C19H23ClN2O4/c1-3-25-18(23)16-12(2)22(11-15-5-4-10-26-15)19(24)21-17(16)13-6-8-14(20)9-7-13/h6-9,15,17H,3-5,10-11H2,1-2H3,(H,21,24)/t15-,17-/m0/s1. The molecule has 0 spiro atoms. The summed E-state index contributed by atoms with van der Waals surface area (Å²) >= 11 is 5.96. The van der Waals surface area contributed by atoms with Crippen LogP contribution in [-0.4, -0.2) is 42.8 Å². The van der Waals surface area contributed by atoms with Gasteiger partial charge in [0.15, 0.2) is 0 Å². The fourth-order valence-electron chi connectivity index (χ4n) is 3.37. The van der Waals surface area contributed by atoms with Crippen molar-refractivity contribution in [3.8, 4) is 0 Å². The fraction of sp³-hybridized carbons (Fsp3) is 0.474. The number of carbonyl (C=O) groups excluding carboxylic acids is 2. The molecule has 140 valence electrons. The first-order valence-electron chi connectivity index (χ1n) is 8.84. The number of hydrogen-bond donors (Lipinski definition) is 1. The number of nitrogens with zero attached hydrogens (tertiary/aromatic N) is 1. The van der Waals surface area contributed by atoms with Gasteiger partial charge in [0.05, 0.1) is 30.9 Å². The second kappa shape index (κ2) is 8.10. The van der Waals surface area contributed by atoms with E-state index in [1.165, 1.54) is 0 Å². The molecule has 0 aliphatic carbocycles. The molecule has 0 saturated carbocycles. The first kappa shape index (κ1) is 18.7. The average molecular weight is 379 g/mol. The number of nitrogens with one attached hydrogen (secondary N) is 1. The van der Waals surface area contributed by atoms with Gasteiger partial charge in [0.1, 0.15) is 0 Å². The van der Waals surface area contributed by atoms with Crippen molar-refractivity contribution in [2.24, 2.45) is 0 Å². The van der Waals surface area contributed by atoms with Crippen LogP contribution in [0, 0.1) is 0 Å². The number of hydrogen-bond acceptors (Lipinski definition) is 4. The van der Waals surface area contributed by atoms with Gasteiger partial charge in [0.25, 0.3) is 0 Å². The van der Waals surface area contributed by atoms with Gasteiger partial charge >= 0.3 is 12.0 Å². The van der Waals surface area contributed by atoms with Crippen molar-refractivity contribution < 1.29 is 19.1 Å². The summed E-state index contributed by atoms with van der Waals surface area (Å²) in [5.41, 5.74) is 1.82. The average Bonchev–Trinajstić information content (AvgIpc) is 3.12. The Labute approximate surface area is 158 Å². The zero-order chi connectivity index (χ0) is 18.7. The van der Waals surface area contributed by atoms with Crippen LogP contribution in [0.4, 0.5) is 4.79 Å². The Morgan fingerprint density at radius 3 is 2.73 bits per heavy atom. The summed E-state index contributed by atoms with van der Waals surface area (Å²) in [6.45, 7) is 4.94. The maximum absolute atomic E-state index is 12.7. The molecule has 2 aliphatic rings. The Kier molecular flexibility index (Phi) is 5.84. The smallest absolute Gasteiger partial charge is 0.338 e. The Balaban J connectivity index is 1.96. The van der Waals surface area contributed by atoms with Gasteiger partial charge < -0.3 is 14.8 Å². The highest BCUT2D eigenvalue weighted by molar-refractivity contribution is 6.30. The van der Waals surface area contributed by atoms with E-state index in [1.54, 1.807) is 43.0 Å². The predicted octanol–water partition coefficient (Wildman–Crippen LogP) is 3.42. The Morgan fingerprint density at radius 2 is 2.12 bits per heavy atom. The lowest BCUT2D eigenvalue weighted by atomic mass is 9.94. The molecule has 0 bridgehead atoms. The number of benzene rings is 1. The van der Waals surface area contributed by atoms with E-state index in [2.05, 4.69) is 5.32 Å². The van der Waals surface area contributed by atoms with E-state index in [1.807, 2.05) is 0 Å². The maximum Gasteiger partial charge on any atom is 0.338 e. The lowest BCUT2D eigenvalue weighted by molar-refractivity contribution is -0.139. The normalized spacial score (nSPS) is 23.2. The number of amides is 2. The van der Waals surface area contributed by atoms with Crippen LogP contribution in [-0.2, 0) is 14.3 Å². The molecule has 1 saturated heterocycles. The first-order chi connectivity index (χ1) is 12.5. The number of rotatable bonds is 5. The van der Waals surface area contributed by atoms with Gasteiger partial charge in [-0.3, -0.25) is 4.90 Å². The molecule has 0 radical (unpaired) electrons. The number of allylic oxidation sites excluding steroid dienone is 1. The van der Waals surface area contributed by atoms with Crippen LogP contribution < -0.4 is 5.32 Å². The molecular formula is C19H23ClN2O4. The van der Waals surface area contributed by atoms with Crippen LogP contribution in [0.2, 0.25) is 5.02 Å². The van der Waals surface area contributed by atoms with Gasteiger partial charge in [-0.2, -0.15) is 0 Å². The molecule has 2 atom stereocenters. The molecule has 6 nitrogen and oxygen atoms in total. The second-order valence-electron chi connectivity index (χ2n) is 6.40. The molecular weight excluding hydrogens is 356 g/mol. The molecule has 1 N–H and O–H groups in total. The van der Waals surface area contributed by atoms with Crippen molar-refractivity contribution in [1.29, 1.82) is 0 Å². The Hall–Kier alpha value is -2.05. The Morgan fingerprint density at radius 1 is 1.38 bits per heavy atom. The van der Waals surface area contributed by atoms with Crippen LogP contribution in [0.25, 0.3) is 0 Å². The zero-order valence-electron chi connectivity index (χ0n) is 15.0. The minimum absolute atomic E-state index is 0.00812. The van der Waals surface area contributed by atoms with Crippen LogP contribution in [0.1, 0.15) is 38.3 Å². The highest BCUT2D eigenvalue weighted by Crippen LogP contribution is 2.32. The molecule has 1 aromatic carbocycles. The molecule has 3 rings (SSSR count). The maximum atomic E-state index is 12.7. The zero-order valence-corrected chi connectivity index (χ0v) is 15.7. The molecule has 2 heterocycles. The minimum atomic E-state index is -0.570. The van der Waals surface area contributed by atoms with Crippen molar-refractivity contribution in [3.63, 3.8) is 0 Å². The van der Waals surface area contributed by atoms with Gasteiger partial charge in [-0.05, 0) is 44.4 Å². The molecule has 0 aromatic heterocycles. The van der Waals surface area contributed by atoms with E-state index >= 15 is 0 Å². The lowest BCUT2D eigenvalue weighted by Gasteiger charge is -2.36. The summed E-state index contributed by atoms with van der Waals surface area (Å²) < 4.78 is 10.9. The number of urea groups is 1. The highest BCUT2D eigenvalue weighted by Gasteiger charge is 2.37. The fourth-order valence-corrected chi connectivity index (χ4v) is 3.50. The first-order valence-corrected chi connectivity index (χ1v) is 9.22. The third-order valence-corrected chi connectivity index (χ3v) is 4.96. The van der Waals surface area contributed by atoms with Gasteiger partial charge in [-0.25, -0.2) is 9.59 Å². The third-order valence-electron chi connectivity index (χ3n) is 4.71. The number of halogens is 1. The Bertz CT molecular complexity index is 711. The highest BCUT2D eigenvalue weighted by atomic mass is 35.5. The monoisotopic (exact) mass is 378 g/mol. The molecule has 26 heavy (non-hydrogen) atoms. The van der Waals surface area contributed by atoms with Crippen molar-refractivity contribution in [1.82, 2.24) is 10.2 Å². The summed E-state index contributed by atoms with van der Waals surface area (Å²) in [5, 5.41) is 3.52. The van der Waals surface area contributed by atoms with Gasteiger partial charge in [-0.15, -0.1) is 0 Å². The summed E-state index contributed by atoms with van der Waals surface area (Å²) in [4.78, 5) is 26.9. The van der Waals surface area contributed by atoms with Crippen molar-refractivity contribution in [3.05, 3.63) is 46.1 Å². The van der Waals surface area contributed by atoms with E-state index in [0.29, 0.717) is 29.4 Å². The van der Waals surface area contributed by atoms with E-state index in [9.17, 15) is 9.59 Å². The molecule has 2 amide bonds. The van der Waals surface area contributed by atoms with Gasteiger partial charge in [0, 0.05) is 17.3 Å². The van der Waals surface area contributed by atoms with Gasteiger partial charge in [0.2, 0.25) is 0 Å². The number of carbonyl (C=O) groups is 2. The van der Waals surface area contributed by atoms with Gasteiger partial charge in [-0.1, -0.05) is 23.7 Å². The molecule has 2 aliphatic heterocycles. The third kappa shape index (κ3) is 3.86. The van der Waals surface area contributed by atoms with Crippen LogP contribution in [0.3, 0.4) is 0 Å². The number of ether oxygens (including phenoxy) is 2. The summed E-state index contributed by atoms with van der Waals surface area (Å²) in [6.07, 6.45) is 1.89. The molecule has 1 fully saturated rings. The lowest BCUT2D eigenvalue weighted by Crippen LogP contribution is -2.50. The number of esters is 1. The van der Waals surface area contributed by atoms with E-state index in [0.717, 1.165) is 18.4 Å². The van der Waals surface area contributed by atoms with Crippen molar-refractivity contribution in [2.45, 2.75) is 38.8 Å². The van der Waals surface area contributed by atoms with Crippen LogP contribution in [0.15, 0.2) is 35.5 Å². The molecule has 0 unspecified atom stereocenters. The summed E-state index contributed by atoms with van der Waals surface area (Å²) in [5.74, 6) is -0.428. The van der Waals surface area contributed by atoms with Crippen molar-refractivity contribution in [2.75, 3.05) is 19.8 Å². The summed E-state index contributed by atoms with van der Waals surface area (Å²) in [6, 6.07) is 6.26. The van der Waals surface area contributed by atoms with E-state index in [4.69, 9.17) is 21.1 Å². The largest absolute Gasteiger partial charge is 0.463 e. The second-order valence-corrected chi connectivity index (χ2v) is 6.84. The predicted molar refractivity (Wildman–Crippen MR) is 97.7 cm³/mol. The van der Waals surface area contributed by atoms with Crippen LogP contribution in [0.5, 0.6) is 0 Å². The SMILES string of the molecule is CCOC(=O)C1=C(C)N(C[C@@H]2CCCO2)C(=O)N[C@H]1c1ccc(Cl)cc1. The van der Waals surface area contributed by atoms with Crippen molar-refractivity contribution >= 4 is 23.6 Å². The summed E-state index contributed by atoms with van der Waals surface area (Å²) in [7, 11) is 0. The van der Waals surface area contributed by atoms with Crippen LogP contribution >= 0.6 is 11.6 Å². The molecule has 7 heteroatoms. The topological polar surface area (TPSA) is 67.9 Å². The quantitative estimate of drug-likeness (QED) is 0.797. The van der Waals surface area contributed by atoms with E-state index in [-0.39, 0.29) is 18.7 Å².